The lowest BCUT2D eigenvalue weighted by Crippen LogP contribution is -2.19. The highest BCUT2D eigenvalue weighted by Crippen LogP contribution is 2.39. The Morgan fingerprint density at radius 1 is 1.16 bits per heavy atom. The normalized spacial score (nSPS) is 16.8. The van der Waals surface area contributed by atoms with E-state index in [-0.39, 0.29) is 10.0 Å². The number of nitrogens with zero attached hydrogens (tertiary/aromatic N) is 4. The van der Waals surface area contributed by atoms with Crippen LogP contribution in [0.2, 0.25) is 0 Å². The first-order valence-electron chi connectivity index (χ1n) is 10.2. The smallest absolute Gasteiger partial charge is 0.291 e. The van der Waals surface area contributed by atoms with Crippen LogP contribution in [0.25, 0.3) is 21.6 Å². The van der Waals surface area contributed by atoms with Crippen molar-refractivity contribution in [3.8, 4) is 10.7 Å². The van der Waals surface area contributed by atoms with Gasteiger partial charge < -0.3 is 4.74 Å². The Kier molecular flexibility index (Phi) is 6.16. The Bertz CT molecular complexity index is 1220. The number of ether oxygens (including phenoxy) is 1. The van der Waals surface area contributed by atoms with Crippen LogP contribution in [0.4, 0.5) is 13.2 Å². The van der Waals surface area contributed by atoms with Crippen LogP contribution in [0, 0.1) is 5.82 Å². The van der Waals surface area contributed by atoms with Gasteiger partial charge in [0, 0.05) is 22.6 Å². The molecule has 0 spiro atoms. The van der Waals surface area contributed by atoms with Crippen molar-refractivity contribution in [1.29, 1.82) is 0 Å². The molecule has 4 aromatic rings. The topological polar surface area (TPSA) is 52.8 Å². The quantitative estimate of drug-likeness (QED) is 0.293. The number of halogens is 3. The number of benzene rings is 2. The summed E-state index contributed by atoms with van der Waals surface area (Å²) in [5.74, 6) is 0.250. The van der Waals surface area contributed by atoms with Gasteiger partial charge in [0.2, 0.25) is 0 Å². The van der Waals surface area contributed by atoms with E-state index < -0.39 is 18.5 Å². The highest BCUT2D eigenvalue weighted by Gasteiger charge is 2.26. The van der Waals surface area contributed by atoms with Crippen LogP contribution in [0.3, 0.4) is 0 Å². The second-order valence-corrected chi connectivity index (χ2v) is 9.49. The molecule has 0 amide bonds. The third-order valence-corrected chi connectivity index (χ3v) is 7.22. The maximum absolute atomic E-state index is 15.4. The molecule has 5 rings (SSSR count). The molecule has 32 heavy (non-hydrogen) atoms. The van der Waals surface area contributed by atoms with Crippen LogP contribution in [0.5, 0.6) is 0 Å². The minimum atomic E-state index is -2.72. The van der Waals surface area contributed by atoms with E-state index in [1.807, 2.05) is 36.4 Å². The fourth-order valence-corrected chi connectivity index (χ4v) is 5.34. The molecule has 0 bridgehead atoms. The molecular weight excluding hydrogens is 457 g/mol. The van der Waals surface area contributed by atoms with Crippen LogP contribution in [0.15, 0.2) is 47.4 Å². The lowest BCUT2D eigenvalue weighted by molar-refractivity contribution is -0.0368. The summed E-state index contributed by atoms with van der Waals surface area (Å²) in [5.41, 5.74) is 1.76. The Labute approximate surface area is 190 Å². The van der Waals surface area contributed by atoms with Gasteiger partial charge in [0.05, 0.1) is 0 Å². The predicted octanol–water partition coefficient (Wildman–Crippen LogP) is 6.62. The molecule has 166 valence electrons. The molecule has 2 aromatic carbocycles. The van der Waals surface area contributed by atoms with E-state index in [0.717, 1.165) is 34.6 Å². The van der Waals surface area contributed by atoms with Crippen molar-refractivity contribution in [2.75, 3.05) is 6.61 Å². The first kappa shape index (κ1) is 21.4. The fraction of sp³-hybridized carbons (Fsp3) is 0.318. The number of fused-ring (bicyclic) bond motifs is 1. The van der Waals surface area contributed by atoms with Gasteiger partial charge in [-0.2, -0.15) is 5.10 Å². The van der Waals surface area contributed by atoms with Crippen LogP contribution in [0.1, 0.15) is 42.5 Å². The maximum Gasteiger partial charge on any atom is 0.291 e. The van der Waals surface area contributed by atoms with Crippen molar-refractivity contribution in [1.82, 2.24) is 20.0 Å². The summed E-state index contributed by atoms with van der Waals surface area (Å²) in [6, 6.07) is 13.2. The second-order valence-electron chi connectivity index (χ2n) is 7.44. The molecule has 0 N–H and O–H groups in total. The van der Waals surface area contributed by atoms with E-state index in [0.29, 0.717) is 35.4 Å². The molecule has 0 saturated carbocycles. The average Bonchev–Trinajstić information content (AvgIpc) is 3.45. The summed E-state index contributed by atoms with van der Waals surface area (Å²) >= 11 is 2.27. The largest absolute Gasteiger partial charge is 0.356 e. The van der Waals surface area contributed by atoms with Crippen LogP contribution in [-0.4, -0.2) is 26.6 Å². The maximum atomic E-state index is 15.4. The minimum Gasteiger partial charge on any atom is -0.356 e. The van der Waals surface area contributed by atoms with Gasteiger partial charge in [-0.15, -0.1) is 22.0 Å². The third-order valence-electron chi connectivity index (χ3n) is 5.24. The Morgan fingerprint density at radius 3 is 2.72 bits per heavy atom. The highest BCUT2D eigenvalue weighted by molar-refractivity contribution is 7.98. The monoisotopic (exact) mass is 476 g/mol. The van der Waals surface area contributed by atoms with Crippen molar-refractivity contribution < 1.29 is 17.9 Å². The van der Waals surface area contributed by atoms with Gasteiger partial charge >= 0.3 is 0 Å². The van der Waals surface area contributed by atoms with Crippen molar-refractivity contribution in [3.63, 3.8) is 0 Å². The molecule has 0 aliphatic carbocycles. The zero-order valence-corrected chi connectivity index (χ0v) is 18.5. The molecule has 1 fully saturated rings. The molecule has 2 aromatic heterocycles. The third kappa shape index (κ3) is 4.26. The summed E-state index contributed by atoms with van der Waals surface area (Å²) in [4.78, 5) is 0.725. The predicted molar refractivity (Wildman–Crippen MR) is 118 cm³/mol. The zero-order valence-electron chi connectivity index (χ0n) is 16.9. The zero-order chi connectivity index (χ0) is 22.1. The molecule has 1 aliphatic heterocycles. The number of alkyl halides is 2. The lowest BCUT2D eigenvalue weighted by atomic mass is 10.1. The van der Waals surface area contributed by atoms with Crippen molar-refractivity contribution in [2.45, 2.75) is 42.6 Å². The molecular formula is C22H19F3N4OS2. The van der Waals surface area contributed by atoms with E-state index in [1.165, 1.54) is 22.5 Å². The number of hydrogen-bond acceptors (Lipinski definition) is 6. The van der Waals surface area contributed by atoms with Gasteiger partial charge in [0.25, 0.3) is 6.43 Å². The van der Waals surface area contributed by atoms with Gasteiger partial charge in [-0.25, -0.2) is 17.9 Å². The van der Waals surface area contributed by atoms with E-state index in [2.05, 4.69) is 15.3 Å². The van der Waals surface area contributed by atoms with Crippen molar-refractivity contribution in [2.24, 2.45) is 0 Å². The Balaban J connectivity index is 1.58. The fourth-order valence-electron chi connectivity index (χ4n) is 3.72. The van der Waals surface area contributed by atoms with Crippen molar-refractivity contribution in [3.05, 3.63) is 58.9 Å². The van der Waals surface area contributed by atoms with Gasteiger partial charge in [0.15, 0.2) is 16.2 Å². The first-order chi connectivity index (χ1) is 15.6. The van der Waals surface area contributed by atoms with Crippen LogP contribution in [-0.2, 0) is 10.5 Å². The minimum absolute atomic E-state index is 0.240. The van der Waals surface area contributed by atoms with Gasteiger partial charge in [0.1, 0.15) is 17.0 Å². The SMILES string of the molecule is Fc1cc(SCc2ccccc2)cc2c(-c3nnc(C(F)F)s3)nn(C3CCCCO3)c12. The molecule has 3 heterocycles. The molecule has 5 nitrogen and oxygen atoms in total. The molecule has 1 aliphatic rings. The van der Waals surface area contributed by atoms with E-state index in [1.54, 1.807) is 0 Å². The first-order valence-corrected chi connectivity index (χ1v) is 12.0. The number of hydrogen-bond donors (Lipinski definition) is 0. The summed E-state index contributed by atoms with van der Waals surface area (Å²) in [6.45, 7) is 0.572. The Hall–Kier alpha value is -2.43. The summed E-state index contributed by atoms with van der Waals surface area (Å²) < 4.78 is 48.9. The second kappa shape index (κ2) is 9.21. The average molecular weight is 477 g/mol. The summed E-state index contributed by atoms with van der Waals surface area (Å²) in [5, 5.41) is 12.5. The van der Waals surface area contributed by atoms with Crippen molar-refractivity contribution >= 4 is 34.0 Å². The van der Waals surface area contributed by atoms with Crippen LogP contribution < -0.4 is 0 Å². The summed E-state index contributed by atoms with van der Waals surface area (Å²) in [7, 11) is 0. The van der Waals surface area contributed by atoms with Gasteiger partial charge in [-0.3, -0.25) is 0 Å². The molecule has 10 heteroatoms. The summed E-state index contributed by atoms with van der Waals surface area (Å²) in [6.07, 6.45) is -0.523. The molecule has 1 atom stereocenters. The van der Waals surface area contributed by atoms with E-state index in [9.17, 15) is 8.78 Å². The van der Waals surface area contributed by atoms with E-state index >= 15 is 4.39 Å². The highest BCUT2D eigenvalue weighted by atomic mass is 32.2. The van der Waals surface area contributed by atoms with Crippen LogP contribution >= 0.6 is 23.1 Å². The molecule has 0 radical (unpaired) electrons. The number of rotatable bonds is 6. The number of thioether (sulfide) groups is 1. The van der Waals surface area contributed by atoms with E-state index in [4.69, 9.17) is 4.74 Å². The molecule has 1 unspecified atom stereocenters. The standard InChI is InChI=1S/C22H19F3N4OS2/c23-16-11-14(31-12-13-6-2-1-3-7-13)10-15-18(21-26-27-22(32-21)20(24)25)28-29(19(15)16)17-8-4-5-9-30-17/h1-3,6-7,10-11,17,20H,4-5,8-9,12H2. The Morgan fingerprint density at radius 2 is 2.00 bits per heavy atom. The van der Waals surface area contributed by atoms with Gasteiger partial charge in [-0.1, -0.05) is 41.7 Å². The number of aromatic nitrogens is 4. The lowest BCUT2D eigenvalue weighted by Gasteiger charge is -2.23. The molecule has 1 saturated heterocycles. The van der Waals surface area contributed by atoms with Gasteiger partial charge in [-0.05, 0) is 37.0 Å².